The van der Waals surface area contributed by atoms with Crippen LogP contribution in [-0.4, -0.2) is 47.1 Å². The van der Waals surface area contributed by atoms with Gasteiger partial charge in [0.15, 0.2) is 0 Å². The van der Waals surface area contributed by atoms with Crippen molar-refractivity contribution in [3.05, 3.63) is 74.5 Å². The van der Waals surface area contributed by atoms with Crippen LogP contribution in [-0.2, 0) is 16.6 Å². The van der Waals surface area contributed by atoms with Crippen LogP contribution in [0.25, 0.3) is 0 Å². The summed E-state index contributed by atoms with van der Waals surface area (Å²) in [6.07, 6.45) is -11.6. The van der Waals surface area contributed by atoms with Crippen molar-refractivity contribution in [3.8, 4) is 0 Å². The molecule has 16 heteroatoms. The summed E-state index contributed by atoms with van der Waals surface area (Å²) >= 11 is 6.90. The number of anilines is 1. The predicted molar refractivity (Wildman–Crippen MR) is 131 cm³/mol. The normalized spacial score (nSPS) is 19.7. The van der Waals surface area contributed by atoms with Crippen LogP contribution >= 0.6 is 22.9 Å². The summed E-state index contributed by atoms with van der Waals surface area (Å²) in [7, 11) is 0. The van der Waals surface area contributed by atoms with Gasteiger partial charge in [0.05, 0.1) is 28.8 Å². The Morgan fingerprint density at radius 2 is 1.90 bits per heavy atom. The van der Waals surface area contributed by atoms with E-state index in [4.69, 9.17) is 16.4 Å². The van der Waals surface area contributed by atoms with Crippen molar-refractivity contribution in [2.24, 2.45) is 5.16 Å². The summed E-state index contributed by atoms with van der Waals surface area (Å²) in [6, 6.07) is 4.20. The molecule has 0 saturated carbocycles. The van der Waals surface area contributed by atoms with E-state index in [-0.39, 0.29) is 35.0 Å². The summed E-state index contributed by atoms with van der Waals surface area (Å²) in [6.45, 7) is 2.62. The topological polar surface area (TPSA) is 79.7 Å². The zero-order chi connectivity index (χ0) is 29.0. The van der Waals surface area contributed by atoms with Gasteiger partial charge >= 0.3 is 12.4 Å². The Kier molecular flexibility index (Phi) is 6.93. The Labute approximate surface area is 230 Å². The van der Waals surface area contributed by atoms with E-state index >= 15 is 0 Å². The number of rotatable bonds is 5. The number of carbonyl (C=O) groups is 1. The largest absolute Gasteiger partial charge is 0.435 e. The number of amides is 1. The summed E-state index contributed by atoms with van der Waals surface area (Å²) in [5.41, 5.74) is -4.49. The summed E-state index contributed by atoms with van der Waals surface area (Å²) in [5, 5.41) is 13.6. The molecule has 1 saturated heterocycles. The second-order valence-corrected chi connectivity index (χ2v) is 10.5. The molecule has 0 spiro atoms. The van der Waals surface area contributed by atoms with E-state index in [0.717, 1.165) is 5.13 Å². The molecule has 1 amide bonds. The minimum atomic E-state index is -5.37. The van der Waals surface area contributed by atoms with Crippen molar-refractivity contribution in [3.63, 3.8) is 0 Å². The quantitative estimate of drug-likeness (QED) is 0.368. The molecule has 0 aliphatic carbocycles. The maximum atomic E-state index is 14.8. The first kappa shape index (κ1) is 28.1. The lowest BCUT2D eigenvalue weighted by Gasteiger charge is -2.39. The van der Waals surface area contributed by atoms with Gasteiger partial charge in [0.2, 0.25) is 5.13 Å². The molecule has 40 heavy (non-hydrogen) atoms. The Morgan fingerprint density at radius 1 is 1.18 bits per heavy atom. The van der Waals surface area contributed by atoms with Crippen LogP contribution in [0, 0.1) is 12.7 Å². The minimum Gasteiger partial charge on any atom is -0.374 e. The van der Waals surface area contributed by atoms with E-state index in [1.807, 2.05) is 4.90 Å². The molecule has 0 radical (unpaired) electrons. The molecule has 2 aliphatic rings. The fraction of sp³-hybridized carbons (Fsp3) is 0.333. The Bertz CT molecular complexity index is 1490. The standard InChI is InChI=1S/C24H17ClF7N5O2S/c1-11-4-12(2-3-15(11)20(38)34-14-8-37(9-14)21-35-33-10-40-21)18-7-22(39-36-18,24(30,31)32)16-5-13(23(27,28)29)6-17(25)19(16)26/h2-6,10,14H,7-9H2,1H3,(H,34,38)/t22-/m0/s1. The first-order valence-corrected chi connectivity index (χ1v) is 12.8. The van der Waals surface area contributed by atoms with Crippen molar-refractivity contribution in [2.75, 3.05) is 18.0 Å². The van der Waals surface area contributed by atoms with Crippen LogP contribution in [0.5, 0.6) is 0 Å². The smallest absolute Gasteiger partial charge is 0.374 e. The van der Waals surface area contributed by atoms with Crippen molar-refractivity contribution in [1.29, 1.82) is 0 Å². The maximum Gasteiger partial charge on any atom is 0.435 e. The van der Waals surface area contributed by atoms with Gasteiger partial charge in [0.25, 0.3) is 11.5 Å². The van der Waals surface area contributed by atoms with Crippen molar-refractivity contribution < 1.29 is 40.4 Å². The highest BCUT2D eigenvalue weighted by atomic mass is 35.5. The molecule has 1 atom stereocenters. The van der Waals surface area contributed by atoms with Crippen LogP contribution in [0.4, 0.5) is 35.9 Å². The lowest BCUT2D eigenvalue weighted by molar-refractivity contribution is -0.276. The number of hydrogen-bond donors (Lipinski definition) is 1. The fourth-order valence-corrected chi connectivity index (χ4v) is 5.28. The molecule has 1 aromatic heterocycles. The Hall–Kier alpha value is -3.46. The molecule has 2 aromatic carbocycles. The molecule has 1 fully saturated rings. The molecule has 1 N–H and O–H groups in total. The third-order valence-corrected chi connectivity index (χ3v) is 7.64. The molecule has 0 unspecified atom stereocenters. The Balaban J connectivity index is 1.36. The first-order valence-electron chi connectivity index (χ1n) is 11.5. The SMILES string of the molecule is Cc1cc(C2=NO[C@@](c3cc(C(F)(F)F)cc(Cl)c3F)(C(F)(F)F)C2)ccc1C(=O)NC1CN(c2nncs2)C1. The molecule has 5 rings (SSSR count). The van der Waals surface area contributed by atoms with E-state index in [0.29, 0.717) is 18.7 Å². The summed E-state index contributed by atoms with van der Waals surface area (Å²) in [5.74, 6) is -2.10. The monoisotopic (exact) mass is 607 g/mol. The lowest BCUT2D eigenvalue weighted by atomic mass is 9.85. The molecular weight excluding hydrogens is 591 g/mol. The number of hydrogen-bond acceptors (Lipinski definition) is 7. The zero-order valence-corrected chi connectivity index (χ0v) is 21.8. The molecular formula is C24H17ClF7N5O2S. The van der Waals surface area contributed by atoms with Gasteiger partial charge in [0, 0.05) is 24.2 Å². The number of aryl methyl sites for hydroxylation is 1. The molecule has 3 aromatic rings. The average molecular weight is 608 g/mol. The van der Waals surface area contributed by atoms with Crippen molar-refractivity contribution >= 4 is 39.7 Å². The number of aromatic nitrogens is 2. The predicted octanol–water partition coefficient (Wildman–Crippen LogP) is 5.86. The van der Waals surface area contributed by atoms with Crippen LogP contribution < -0.4 is 10.2 Å². The molecule has 2 aliphatic heterocycles. The Morgan fingerprint density at radius 3 is 2.50 bits per heavy atom. The van der Waals surface area contributed by atoms with Crippen LogP contribution in [0.15, 0.2) is 41.0 Å². The van der Waals surface area contributed by atoms with E-state index < -0.39 is 52.2 Å². The van der Waals surface area contributed by atoms with Crippen molar-refractivity contribution in [2.45, 2.75) is 37.3 Å². The van der Waals surface area contributed by atoms with Gasteiger partial charge in [-0.3, -0.25) is 4.79 Å². The van der Waals surface area contributed by atoms with Crippen molar-refractivity contribution in [1.82, 2.24) is 15.5 Å². The maximum absolute atomic E-state index is 14.8. The van der Waals surface area contributed by atoms with E-state index in [9.17, 15) is 35.5 Å². The van der Waals surface area contributed by atoms with E-state index in [1.165, 1.54) is 29.5 Å². The van der Waals surface area contributed by atoms with Gasteiger partial charge in [-0.1, -0.05) is 34.2 Å². The third-order valence-electron chi connectivity index (χ3n) is 6.62. The zero-order valence-electron chi connectivity index (χ0n) is 20.2. The van der Waals surface area contributed by atoms with Crippen LogP contribution in [0.2, 0.25) is 5.02 Å². The highest BCUT2D eigenvalue weighted by Gasteiger charge is 2.64. The summed E-state index contributed by atoms with van der Waals surface area (Å²) in [4.78, 5) is 19.4. The minimum absolute atomic E-state index is 0.0262. The van der Waals surface area contributed by atoms with Gasteiger partial charge in [-0.15, -0.1) is 10.2 Å². The highest BCUT2D eigenvalue weighted by Crippen LogP contribution is 2.51. The number of oxime groups is 1. The van der Waals surface area contributed by atoms with Gasteiger partial charge in [-0.2, -0.15) is 26.3 Å². The number of alkyl halides is 6. The number of carbonyl (C=O) groups excluding carboxylic acids is 1. The third kappa shape index (κ3) is 4.96. The van der Waals surface area contributed by atoms with Crippen LogP contribution in [0.1, 0.15) is 39.0 Å². The van der Waals surface area contributed by atoms with E-state index in [2.05, 4.69) is 20.7 Å². The van der Waals surface area contributed by atoms with Gasteiger partial charge in [-0.05, 0) is 42.3 Å². The first-order chi connectivity index (χ1) is 18.7. The number of halogens is 8. The fourth-order valence-electron chi connectivity index (χ4n) is 4.48. The van der Waals surface area contributed by atoms with E-state index in [1.54, 1.807) is 12.4 Å². The average Bonchev–Trinajstić information content (AvgIpc) is 3.53. The second-order valence-electron chi connectivity index (χ2n) is 9.27. The number of nitrogens with one attached hydrogen (secondary N) is 1. The van der Waals surface area contributed by atoms with Gasteiger partial charge < -0.3 is 15.1 Å². The molecule has 7 nitrogen and oxygen atoms in total. The molecule has 3 heterocycles. The van der Waals surface area contributed by atoms with Gasteiger partial charge in [0.1, 0.15) is 11.3 Å². The number of nitrogens with zero attached hydrogens (tertiary/aromatic N) is 4. The molecule has 212 valence electrons. The second kappa shape index (κ2) is 9.87. The number of benzene rings is 2. The lowest BCUT2D eigenvalue weighted by Crippen LogP contribution is -2.59. The highest BCUT2D eigenvalue weighted by molar-refractivity contribution is 7.13. The van der Waals surface area contributed by atoms with Gasteiger partial charge in [-0.25, -0.2) is 4.39 Å². The molecule has 0 bridgehead atoms. The van der Waals surface area contributed by atoms with Crippen LogP contribution in [0.3, 0.4) is 0 Å². The summed E-state index contributed by atoms with van der Waals surface area (Å²) < 4.78 is 97.6.